The number of nitrogens with zero attached hydrogens (tertiary/aromatic N) is 4. The first-order chi connectivity index (χ1) is 8.19. The molecule has 92 valence electrons. The monoisotopic (exact) mass is 233 g/mol. The molecule has 0 aromatic carbocycles. The highest BCUT2D eigenvalue weighted by Crippen LogP contribution is 2.03. The molecule has 1 N–H and O–H groups in total. The molecule has 5 heteroatoms. The molecular weight excluding hydrogens is 214 g/mol. The molecule has 5 nitrogen and oxygen atoms in total. The third kappa shape index (κ3) is 2.94. The molecule has 0 bridgehead atoms. The molecule has 2 aromatic rings. The molecule has 2 rings (SSSR count). The summed E-state index contributed by atoms with van der Waals surface area (Å²) in [5.74, 6) is 0. The van der Waals surface area contributed by atoms with E-state index in [4.69, 9.17) is 0 Å². The normalized spacial score (nSPS) is 11.0. The number of nitrogens with one attached hydrogen (secondary N) is 1. The maximum atomic E-state index is 4.42. The number of hydrogen-bond acceptors (Lipinski definition) is 3. The fraction of sp³-hybridized carbons (Fsp3) is 0.500. The molecule has 0 aliphatic carbocycles. The molecular formula is C12H19N5. The number of aromatic nitrogens is 4. The zero-order valence-corrected chi connectivity index (χ0v) is 10.6. The van der Waals surface area contributed by atoms with Gasteiger partial charge in [0.25, 0.3) is 0 Å². The standard InChI is InChI=1S/C12H19N5/c1-4-10-7-12(17(3)15-10)9-13-8-11-5-6-16(2)14-11/h5-7,13H,4,8-9H2,1-3H3. The zero-order chi connectivity index (χ0) is 12.3. The summed E-state index contributed by atoms with van der Waals surface area (Å²) in [7, 11) is 3.91. The van der Waals surface area contributed by atoms with Gasteiger partial charge in [0.1, 0.15) is 0 Å². The van der Waals surface area contributed by atoms with E-state index in [1.165, 1.54) is 5.69 Å². The SMILES string of the molecule is CCc1cc(CNCc2ccn(C)n2)n(C)n1. The van der Waals surface area contributed by atoms with Gasteiger partial charge in [-0.15, -0.1) is 0 Å². The maximum Gasteiger partial charge on any atom is 0.0762 e. The summed E-state index contributed by atoms with van der Waals surface area (Å²) in [5.41, 5.74) is 3.41. The van der Waals surface area contributed by atoms with Crippen LogP contribution in [0.25, 0.3) is 0 Å². The Bertz CT molecular complexity index is 483. The molecule has 0 saturated heterocycles. The Kier molecular flexibility index (Phi) is 3.58. The van der Waals surface area contributed by atoms with E-state index in [0.717, 1.165) is 30.9 Å². The molecule has 0 amide bonds. The molecule has 0 fully saturated rings. The van der Waals surface area contributed by atoms with Crippen LogP contribution in [0.15, 0.2) is 18.3 Å². The van der Waals surface area contributed by atoms with Gasteiger partial charge in [-0.25, -0.2) is 0 Å². The van der Waals surface area contributed by atoms with Crippen molar-refractivity contribution >= 4 is 0 Å². The van der Waals surface area contributed by atoms with E-state index in [9.17, 15) is 0 Å². The van der Waals surface area contributed by atoms with Crippen molar-refractivity contribution in [3.63, 3.8) is 0 Å². The first-order valence-electron chi connectivity index (χ1n) is 5.90. The van der Waals surface area contributed by atoms with Crippen molar-refractivity contribution in [3.05, 3.63) is 35.4 Å². The van der Waals surface area contributed by atoms with Crippen molar-refractivity contribution < 1.29 is 0 Å². The second kappa shape index (κ2) is 5.14. The maximum absolute atomic E-state index is 4.42. The third-order valence-corrected chi connectivity index (χ3v) is 2.77. The minimum Gasteiger partial charge on any atom is -0.305 e. The van der Waals surface area contributed by atoms with E-state index in [-0.39, 0.29) is 0 Å². The van der Waals surface area contributed by atoms with Gasteiger partial charge in [-0.3, -0.25) is 9.36 Å². The second-order valence-electron chi connectivity index (χ2n) is 4.19. The van der Waals surface area contributed by atoms with E-state index in [2.05, 4.69) is 28.5 Å². The second-order valence-corrected chi connectivity index (χ2v) is 4.19. The van der Waals surface area contributed by atoms with E-state index >= 15 is 0 Å². The predicted octanol–water partition coefficient (Wildman–Crippen LogP) is 1.01. The zero-order valence-electron chi connectivity index (χ0n) is 10.6. The van der Waals surface area contributed by atoms with Crippen LogP contribution in [-0.4, -0.2) is 19.6 Å². The van der Waals surface area contributed by atoms with Crippen LogP contribution in [0.1, 0.15) is 24.0 Å². The van der Waals surface area contributed by atoms with Crippen LogP contribution >= 0.6 is 0 Å². The Labute approximate surface area is 101 Å². The lowest BCUT2D eigenvalue weighted by molar-refractivity contribution is 0.610. The van der Waals surface area contributed by atoms with E-state index in [1.807, 2.05) is 35.7 Å². The van der Waals surface area contributed by atoms with Gasteiger partial charge in [0, 0.05) is 33.4 Å². The minimum atomic E-state index is 0.785. The summed E-state index contributed by atoms with van der Waals surface area (Å²) >= 11 is 0. The molecule has 0 unspecified atom stereocenters. The summed E-state index contributed by atoms with van der Waals surface area (Å²) in [5, 5.41) is 12.1. The van der Waals surface area contributed by atoms with Crippen LogP contribution in [-0.2, 0) is 33.6 Å². The van der Waals surface area contributed by atoms with E-state index < -0.39 is 0 Å². The lowest BCUT2D eigenvalue weighted by atomic mass is 10.3. The smallest absolute Gasteiger partial charge is 0.0762 e. The van der Waals surface area contributed by atoms with Gasteiger partial charge in [0.2, 0.25) is 0 Å². The highest BCUT2D eigenvalue weighted by Gasteiger charge is 2.03. The molecule has 2 aromatic heterocycles. The molecule has 0 spiro atoms. The summed E-state index contributed by atoms with van der Waals surface area (Å²) < 4.78 is 3.75. The van der Waals surface area contributed by atoms with Crippen molar-refractivity contribution in [1.29, 1.82) is 0 Å². The van der Waals surface area contributed by atoms with Crippen molar-refractivity contribution in [1.82, 2.24) is 24.9 Å². The van der Waals surface area contributed by atoms with Gasteiger partial charge in [-0.1, -0.05) is 6.92 Å². The lowest BCUT2D eigenvalue weighted by Crippen LogP contribution is -2.15. The van der Waals surface area contributed by atoms with Gasteiger partial charge in [0.05, 0.1) is 17.1 Å². The molecule has 0 atom stereocenters. The number of aryl methyl sites for hydroxylation is 3. The Morgan fingerprint density at radius 2 is 2.00 bits per heavy atom. The van der Waals surface area contributed by atoms with Crippen molar-refractivity contribution in [2.75, 3.05) is 0 Å². The Morgan fingerprint density at radius 3 is 2.59 bits per heavy atom. The number of rotatable bonds is 5. The average Bonchev–Trinajstić information content (AvgIpc) is 2.86. The summed E-state index contributed by atoms with van der Waals surface area (Å²) in [6.45, 7) is 3.72. The average molecular weight is 233 g/mol. The minimum absolute atomic E-state index is 0.785. The Balaban J connectivity index is 1.87. The van der Waals surface area contributed by atoms with Crippen molar-refractivity contribution in [2.24, 2.45) is 14.1 Å². The molecule has 17 heavy (non-hydrogen) atoms. The number of hydrogen-bond donors (Lipinski definition) is 1. The summed E-state index contributed by atoms with van der Waals surface area (Å²) in [6.07, 6.45) is 2.93. The van der Waals surface area contributed by atoms with Crippen molar-refractivity contribution in [2.45, 2.75) is 26.4 Å². The quantitative estimate of drug-likeness (QED) is 0.838. The van der Waals surface area contributed by atoms with Gasteiger partial charge < -0.3 is 5.32 Å². The van der Waals surface area contributed by atoms with Gasteiger partial charge in [0.15, 0.2) is 0 Å². The van der Waals surface area contributed by atoms with Gasteiger partial charge >= 0.3 is 0 Å². The van der Waals surface area contributed by atoms with E-state index in [1.54, 1.807) is 0 Å². The largest absolute Gasteiger partial charge is 0.305 e. The van der Waals surface area contributed by atoms with Crippen LogP contribution in [0.4, 0.5) is 0 Å². The first-order valence-corrected chi connectivity index (χ1v) is 5.90. The first kappa shape index (κ1) is 11.9. The molecule has 2 heterocycles. The highest BCUT2D eigenvalue weighted by molar-refractivity contribution is 5.10. The van der Waals surface area contributed by atoms with E-state index in [0.29, 0.717) is 0 Å². The summed E-state index contributed by atoms with van der Waals surface area (Å²) in [6, 6.07) is 4.17. The van der Waals surface area contributed by atoms with Crippen LogP contribution in [0, 0.1) is 0 Å². The molecule has 0 saturated carbocycles. The fourth-order valence-electron chi connectivity index (χ4n) is 1.79. The van der Waals surface area contributed by atoms with Crippen LogP contribution < -0.4 is 5.32 Å². The third-order valence-electron chi connectivity index (χ3n) is 2.77. The lowest BCUT2D eigenvalue weighted by Gasteiger charge is -2.02. The predicted molar refractivity (Wildman–Crippen MR) is 66.3 cm³/mol. The molecule has 0 radical (unpaired) electrons. The molecule has 0 aliphatic heterocycles. The Morgan fingerprint density at radius 1 is 1.18 bits per heavy atom. The van der Waals surface area contributed by atoms with Crippen molar-refractivity contribution in [3.8, 4) is 0 Å². The van der Waals surface area contributed by atoms with Gasteiger partial charge in [-0.05, 0) is 18.6 Å². The highest BCUT2D eigenvalue weighted by atomic mass is 15.3. The van der Waals surface area contributed by atoms with Crippen LogP contribution in [0.2, 0.25) is 0 Å². The summed E-state index contributed by atoms with van der Waals surface area (Å²) in [4.78, 5) is 0. The van der Waals surface area contributed by atoms with Crippen LogP contribution in [0.3, 0.4) is 0 Å². The topological polar surface area (TPSA) is 47.7 Å². The van der Waals surface area contributed by atoms with Gasteiger partial charge in [-0.2, -0.15) is 10.2 Å². The Hall–Kier alpha value is -1.62. The van der Waals surface area contributed by atoms with Crippen LogP contribution in [0.5, 0.6) is 0 Å². The fourth-order valence-corrected chi connectivity index (χ4v) is 1.79. The molecule has 0 aliphatic rings.